The molecular formula is C32H29ClF2N4O4S2. The molecule has 0 saturated heterocycles. The van der Waals surface area contributed by atoms with E-state index in [0.29, 0.717) is 43.9 Å². The number of aromatic hydroxyl groups is 1. The summed E-state index contributed by atoms with van der Waals surface area (Å²) in [4.78, 5) is 20.3. The molecule has 6 aromatic rings. The monoisotopic (exact) mass is 676 g/mol. The molecule has 0 atom stereocenters. The van der Waals surface area contributed by atoms with E-state index < -0.39 is 25.6 Å². The number of amides is 1. The summed E-state index contributed by atoms with van der Waals surface area (Å²) in [5.74, 6) is -0.695. The highest BCUT2D eigenvalue weighted by Crippen LogP contribution is 2.35. The smallest absolute Gasteiger partial charge is 0.213 e. The predicted molar refractivity (Wildman–Crippen MR) is 180 cm³/mol. The van der Waals surface area contributed by atoms with Gasteiger partial charge in [-0.05, 0) is 79.7 Å². The van der Waals surface area contributed by atoms with Gasteiger partial charge in [-0.25, -0.2) is 18.7 Å². The largest absolute Gasteiger partial charge is 0.508 e. The molecule has 0 radical (unpaired) electrons. The summed E-state index contributed by atoms with van der Waals surface area (Å²) in [5.41, 5.74) is 2.08. The van der Waals surface area contributed by atoms with E-state index in [1.807, 2.05) is 13.0 Å². The zero-order valence-corrected chi connectivity index (χ0v) is 25.9. The van der Waals surface area contributed by atoms with Crippen molar-refractivity contribution in [1.29, 1.82) is 0 Å². The molecule has 4 aromatic carbocycles. The minimum atomic E-state index is -2.77. The first-order valence-electron chi connectivity index (χ1n) is 16.0. The summed E-state index contributed by atoms with van der Waals surface area (Å²) < 4.78 is 84.0. The number of aromatic nitrogens is 2. The number of benzene rings is 4. The fraction of sp³-hybridized carbons (Fsp3) is 0.156. The summed E-state index contributed by atoms with van der Waals surface area (Å²) in [5, 5.41) is 12.8. The number of ether oxygens (including phenoxy) is 2. The lowest BCUT2D eigenvalue weighted by Gasteiger charge is -2.11. The van der Waals surface area contributed by atoms with Crippen molar-refractivity contribution in [1.82, 2.24) is 9.97 Å². The van der Waals surface area contributed by atoms with Gasteiger partial charge in [0.15, 0.2) is 6.79 Å². The number of phenols is 1. The second-order valence-electron chi connectivity index (χ2n) is 9.04. The van der Waals surface area contributed by atoms with Crippen molar-refractivity contribution < 1.29 is 36.4 Å². The van der Waals surface area contributed by atoms with E-state index in [4.69, 9.17) is 17.7 Å². The molecule has 0 spiro atoms. The Labute approximate surface area is 280 Å². The van der Waals surface area contributed by atoms with E-state index in [9.17, 15) is 18.7 Å². The Morgan fingerprint density at radius 1 is 0.933 bits per heavy atom. The van der Waals surface area contributed by atoms with Crippen LogP contribution in [-0.4, -0.2) is 48.8 Å². The Balaban J connectivity index is 0.000000230. The number of hydrogen-bond acceptors (Lipinski definition) is 9. The van der Waals surface area contributed by atoms with E-state index >= 15 is 0 Å². The minimum absolute atomic E-state index is 0. The maximum Gasteiger partial charge on any atom is 0.213 e. The molecule has 6 rings (SSSR count). The number of nitrogens with one attached hydrogen (secondary N) is 1. The summed E-state index contributed by atoms with van der Waals surface area (Å²) >= 11 is 2.67. The van der Waals surface area contributed by atoms with E-state index in [1.54, 1.807) is 30.3 Å². The van der Waals surface area contributed by atoms with Gasteiger partial charge in [0.2, 0.25) is 6.41 Å². The third-order valence-electron chi connectivity index (χ3n) is 6.16. The van der Waals surface area contributed by atoms with Crippen LogP contribution in [0.15, 0.2) is 72.8 Å². The first-order valence-corrected chi connectivity index (χ1v) is 14.6. The molecule has 2 N–H and O–H groups in total. The standard InChI is InChI=1S/C18H17FN2O3S.C14H11FN2OS.ClH/c1-3-23-11-24-13-5-6-15-17(9-13)25-18(20-15)12-4-7-16(14(19)8-12)21(2)10-22;1-16-11-4-2-8(6-10(11)15)14-17-12-5-3-9(18)7-13(12)19-14;/h4-10H,3,11H2,1-2H3;2-7,16,18H,1H3;1H/i2D3;1D3;. The zero-order chi connectivity index (χ0) is 36.2. The molecule has 0 saturated carbocycles. The first-order chi connectivity index (χ1) is 23.6. The van der Waals surface area contributed by atoms with E-state index in [0.717, 1.165) is 14.9 Å². The topological polar surface area (TPSA) is 96.8 Å². The lowest BCUT2D eigenvalue weighted by molar-refractivity contribution is -0.107. The third-order valence-corrected chi connectivity index (χ3v) is 8.29. The molecule has 0 aliphatic heterocycles. The zero-order valence-electron chi connectivity index (χ0n) is 29.4. The molecule has 0 fully saturated rings. The van der Waals surface area contributed by atoms with Crippen molar-refractivity contribution in [2.45, 2.75) is 6.92 Å². The van der Waals surface area contributed by atoms with Crippen LogP contribution >= 0.6 is 35.1 Å². The van der Waals surface area contributed by atoms with Gasteiger partial charge in [-0.3, -0.25) is 4.79 Å². The molecule has 8 nitrogen and oxygen atoms in total. The van der Waals surface area contributed by atoms with Crippen molar-refractivity contribution in [3.05, 3.63) is 84.4 Å². The number of hydrogen-bond donors (Lipinski definition) is 2. The molecule has 0 aliphatic rings. The summed E-state index contributed by atoms with van der Waals surface area (Å²) in [6, 6.07) is 18.4. The number of anilines is 2. The quantitative estimate of drug-likeness (QED) is 0.0903. The highest BCUT2D eigenvalue weighted by Gasteiger charge is 2.13. The van der Waals surface area contributed by atoms with Gasteiger partial charge in [0.1, 0.15) is 33.1 Å². The van der Waals surface area contributed by atoms with Gasteiger partial charge < -0.3 is 24.8 Å². The molecule has 1 amide bonds. The summed E-state index contributed by atoms with van der Waals surface area (Å²) in [6.07, 6.45) is 0.0898. The number of fused-ring (bicyclic) bond motifs is 2. The van der Waals surface area contributed by atoms with Crippen LogP contribution in [0.5, 0.6) is 11.5 Å². The molecule has 2 heterocycles. The Morgan fingerprint density at radius 3 is 2.22 bits per heavy atom. The average molecular weight is 677 g/mol. The van der Waals surface area contributed by atoms with Crippen molar-refractivity contribution in [2.24, 2.45) is 0 Å². The van der Waals surface area contributed by atoms with Gasteiger partial charge in [-0.2, -0.15) is 0 Å². The molecule has 234 valence electrons. The Bertz CT molecular complexity index is 2150. The molecule has 0 aliphatic carbocycles. The number of thiazole rings is 2. The van der Waals surface area contributed by atoms with Crippen molar-refractivity contribution >= 4 is 73.3 Å². The maximum atomic E-state index is 14.5. The molecule has 45 heavy (non-hydrogen) atoms. The van der Waals surface area contributed by atoms with E-state index in [-0.39, 0.29) is 42.7 Å². The van der Waals surface area contributed by atoms with Crippen molar-refractivity contribution in [3.8, 4) is 32.6 Å². The molecule has 0 unspecified atom stereocenters. The number of halogens is 3. The summed E-state index contributed by atoms with van der Waals surface area (Å²) in [6.45, 7) is -2.64. The fourth-order valence-electron chi connectivity index (χ4n) is 3.99. The van der Waals surface area contributed by atoms with Crippen molar-refractivity contribution in [3.63, 3.8) is 0 Å². The van der Waals surface area contributed by atoms with E-state index in [1.165, 1.54) is 59.1 Å². The van der Waals surface area contributed by atoms with Gasteiger partial charge in [0.25, 0.3) is 0 Å². The fourth-order valence-corrected chi connectivity index (χ4v) is 5.98. The van der Waals surface area contributed by atoms with Crippen LogP contribution in [0, 0.1) is 11.6 Å². The van der Waals surface area contributed by atoms with E-state index in [2.05, 4.69) is 15.3 Å². The highest BCUT2D eigenvalue weighted by atomic mass is 35.5. The third kappa shape index (κ3) is 7.84. The van der Waals surface area contributed by atoms with Crippen molar-refractivity contribution in [2.75, 3.05) is 37.6 Å². The van der Waals surface area contributed by atoms with Gasteiger partial charge in [0, 0.05) is 39.9 Å². The second kappa shape index (κ2) is 15.1. The Hall–Kier alpha value is -4.36. The minimum Gasteiger partial charge on any atom is -0.508 e. The number of nitrogens with zero attached hydrogens (tertiary/aromatic N) is 3. The van der Waals surface area contributed by atoms with Gasteiger partial charge >= 0.3 is 0 Å². The number of carbonyl (C=O) groups is 1. The normalized spacial score (nSPS) is 13.1. The van der Waals surface area contributed by atoms with Gasteiger partial charge in [0.05, 0.1) is 31.8 Å². The van der Waals surface area contributed by atoms with Crippen LogP contribution in [0.4, 0.5) is 20.2 Å². The molecular weight excluding hydrogens is 642 g/mol. The predicted octanol–water partition coefficient (Wildman–Crippen LogP) is 8.34. The van der Waals surface area contributed by atoms with Crippen LogP contribution in [0.1, 0.15) is 15.1 Å². The van der Waals surface area contributed by atoms with Gasteiger partial charge in [-0.15, -0.1) is 35.1 Å². The first kappa shape index (κ1) is 25.9. The van der Waals surface area contributed by atoms with Crippen LogP contribution in [0.2, 0.25) is 0 Å². The number of carbonyl (C=O) groups excluding carboxylic acids is 1. The van der Waals surface area contributed by atoms with Gasteiger partial charge in [-0.1, -0.05) is 0 Å². The number of phenolic OH excluding ortho intramolecular Hbond substituents is 1. The molecule has 0 bridgehead atoms. The van der Waals surface area contributed by atoms with Crippen LogP contribution in [-0.2, 0) is 9.53 Å². The molecule has 2 aromatic heterocycles. The molecule has 13 heteroatoms. The lowest BCUT2D eigenvalue weighted by Crippen LogP contribution is -2.15. The average Bonchev–Trinajstić information content (AvgIpc) is 3.66. The Morgan fingerprint density at radius 2 is 1.60 bits per heavy atom. The SMILES string of the molecule is Cl.[2H]C([2H])([2H])N(C=O)c1ccc(-c2nc3ccc(OCOCC)cc3s2)cc1F.[2H]C([2H])([2H])Nc1ccc(-c2nc3ccc(O)cc3s2)cc1F. The number of rotatable bonds is 9. The van der Waals surface area contributed by atoms with Crippen LogP contribution in [0.3, 0.4) is 0 Å². The van der Waals surface area contributed by atoms with Crippen LogP contribution in [0.25, 0.3) is 41.6 Å². The lowest BCUT2D eigenvalue weighted by atomic mass is 10.2. The Kier molecular flexibility index (Phi) is 8.69. The maximum absolute atomic E-state index is 14.5. The van der Waals surface area contributed by atoms with Crippen LogP contribution < -0.4 is 15.0 Å². The summed E-state index contributed by atoms with van der Waals surface area (Å²) in [7, 11) is 0. The highest BCUT2D eigenvalue weighted by molar-refractivity contribution is 7.22. The second-order valence-corrected chi connectivity index (χ2v) is 11.1.